The molecular formula is C30H29F2N3O5. The topological polar surface area (TPSA) is 99.5 Å². The second-order valence-corrected chi connectivity index (χ2v) is 10.1. The number of nitrogens with one attached hydrogen (secondary N) is 1. The van der Waals surface area contributed by atoms with Gasteiger partial charge in [-0.2, -0.15) is 0 Å². The van der Waals surface area contributed by atoms with Crippen LogP contribution in [0, 0.1) is 11.6 Å². The molecule has 0 bridgehead atoms. The van der Waals surface area contributed by atoms with E-state index < -0.39 is 34.7 Å². The van der Waals surface area contributed by atoms with Crippen LogP contribution in [-0.2, 0) is 27.3 Å². The Hall–Kier alpha value is -4.44. The van der Waals surface area contributed by atoms with Crippen molar-refractivity contribution in [1.82, 2.24) is 14.9 Å². The lowest BCUT2D eigenvalue weighted by Crippen LogP contribution is -2.35. The van der Waals surface area contributed by atoms with Gasteiger partial charge in [0.15, 0.2) is 0 Å². The van der Waals surface area contributed by atoms with Crippen LogP contribution in [0.15, 0.2) is 71.5 Å². The van der Waals surface area contributed by atoms with E-state index in [1.54, 1.807) is 57.2 Å². The maximum absolute atomic E-state index is 14.0. The Kier molecular flexibility index (Phi) is 8.69. The Morgan fingerprint density at radius 3 is 2.40 bits per heavy atom. The molecule has 0 spiro atoms. The van der Waals surface area contributed by atoms with E-state index in [1.807, 2.05) is 0 Å². The Balaban J connectivity index is 1.63. The number of aryl methyl sites for hydroxylation is 1. The normalized spacial score (nSPS) is 11.4. The number of aromatic nitrogens is 2. The second-order valence-electron chi connectivity index (χ2n) is 10.1. The summed E-state index contributed by atoms with van der Waals surface area (Å²) in [6, 6.07) is 16.3. The number of benzene rings is 3. The van der Waals surface area contributed by atoms with Gasteiger partial charge in [0.1, 0.15) is 28.8 Å². The Bertz CT molecular complexity index is 1610. The molecule has 0 saturated heterocycles. The number of halogens is 2. The first-order valence-electron chi connectivity index (χ1n) is 12.7. The molecule has 0 aliphatic rings. The molecule has 0 aliphatic heterocycles. The molecule has 0 aliphatic carbocycles. The number of fused-ring (bicyclic) bond motifs is 1. The Labute approximate surface area is 229 Å². The highest BCUT2D eigenvalue weighted by Gasteiger charge is 2.20. The first-order chi connectivity index (χ1) is 19.0. The van der Waals surface area contributed by atoms with Gasteiger partial charge in [0, 0.05) is 6.54 Å². The minimum Gasteiger partial charge on any atom is -0.459 e. The van der Waals surface area contributed by atoms with Crippen LogP contribution in [0.25, 0.3) is 22.3 Å². The summed E-state index contributed by atoms with van der Waals surface area (Å²) < 4.78 is 39.9. The smallest absolute Gasteiger partial charge is 0.325 e. The lowest BCUT2D eigenvalue weighted by molar-refractivity contribution is -0.153. The second kappa shape index (κ2) is 12.2. The maximum atomic E-state index is 14.0. The van der Waals surface area contributed by atoms with Gasteiger partial charge in [-0.3, -0.25) is 24.3 Å². The van der Waals surface area contributed by atoms with E-state index in [1.165, 1.54) is 28.8 Å². The summed E-state index contributed by atoms with van der Waals surface area (Å²) in [5, 5.41) is 2.78. The molecule has 0 unspecified atom stereocenters. The maximum Gasteiger partial charge on any atom is 0.325 e. The number of nitrogens with zero attached hydrogens (tertiary/aromatic N) is 2. The quantitative estimate of drug-likeness (QED) is 0.244. The summed E-state index contributed by atoms with van der Waals surface area (Å²) in [5.41, 5.74) is 0.138. The van der Waals surface area contributed by atoms with Crippen molar-refractivity contribution in [2.75, 3.05) is 13.1 Å². The van der Waals surface area contributed by atoms with Gasteiger partial charge in [0.25, 0.3) is 5.56 Å². The van der Waals surface area contributed by atoms with Crippen LogP contribution < -0.4 is 15.6 Å². The molecule has 1 aromatic heterocycles. The van der Waals surface area contributed by atoms with Crippen LogP contribution in [-0.4, -0.2) is 40.2 Å². The van der Waals surface area contributed by atoms with Gasteiger partial charge < -0.3 is 9.47 Å². The van der Waals surface area contributed by atoms with E-state index in [-0.39, 0.29) is 42.1 Å². The third-order valence-electron chi connectivity index (χ3n) is 5.74. The van der Waals surface area contributed by atoms with Gasteiger partial charge in [-0.1, -0.05) is 24.3 Å². The summed E-state index contributed by atoms with van der Waals surface area (Å²) in [6.45, 7) is 4.87. The average Bonchev–Trinajstić information content (AvgIpc) is 2.88. The number of hydrogen-bond donors (Lipinski definition) is 1. The van der Waals surface area contributed by atoms with Crippen molar-refractivity contribution >= 4 is 22.8 Å². The molecule has 1 N–H and O–H groups in total. The van der Waals surface area contributed by atoms with Crippen LogP contribution in [0.5, 0.6) is 5.75 Å². The van der Waals surface area contributed by atoms with Crippen molar-refractivity contribution in [1.29, 1.82) is 0 Å². The van der Waals surface area contributed by atoms with Crippen molar-refractivity contribution in [2.24, 2.45) is 0 Å². The predicted octanol–water partition coefficient (Wildman–Crippen LogP) is 4.42. The average molecular weight is 550 g/mol. The van der Waals surface area contributed by atoms with Gasteiger partial charge in [0.05, 0.1) is 29.6 Å². The summed E-state index contributed by atoms with van der Waals surface area (Å²) in [5.74, 6) is -1.83. The molecule has 1 heterocycles. The summed E-state index contributed by atoms with van der Waals surface area (Å²) >= 11 is 0. The van der Waals surface area contributed by atoms with Gasteiger partial charge in [-0.25, -0.2) is 13.8 Å². The number of ether oxygens (including phenoxy) is 2. The van der Waals surface area contributed by atoms with E-state index in [9.17, 15) is 23.2 Å². The molecule has 3 aromatic carbocycles. The molecule has 0 fully saturated rings. The zero-order chi connectivity index (χ0) is 28.9. The van der Waals surface area contributed by atoms with Gasteiger partial charge in [0.2, 0.25) is 0 Å². The fraction of sp³-hybridized carbons (Fsp3) is 0.267. The number of hydrogen-bond acceptors (Lipinski definition) is 7. The molecule has 40 heavy (non-hydrogen) atoms. The molecule has 10 heteroatoms. The predicted molar refractivity (Wildman–Crippen MR) is 146 cm³/mol. The molecule has 4 rings (SSSR count). The SMILES string of the molecule is CC(C)(C)OC(=O)CNCC(=O)Oc1ccccc1-c1nc2ccc(F)cc2c(=O)n1CCc1cccc(F)c1. The summed E-state index contributed by atoms with van der Waals surface area (Å²) in [7, 11) is 0. The fourth-order valence-corrected chi connectivity index (χ4v) is 4.08. The van der Waals surface area contributed by atoms with E-state index in [0.717, 1.165) is 6.07 Å². The molecule has 208 valence electrons. The Morgan fingerprint density at radius 1 is 0.925 bits per heavy atom. The van der Waals surface area contributed by atoms with Crippen LogP contribution in [0.1, 0.15) is 26.3 Å². The highest BCUT2D eigenvalue weighted by molar-refractivity contribution is 5.82. The molecular weight excluding hydrogens is 520 g/mol. The minimum absolute atomic E-state index is 0.0869. The lowest BCUT2D eigenvalue weighted by atomic mass is 10.1. The number of esters is 2. The largest absolute Gasteiger partial charge is 0.459 e. The third-order valence-corrected chi connectivity index (χ3v) is 5.74. The summed E-state index contributed by atoms with van der Waals surface area (Å²) in [4.78, 5) is 42.6. The number of para-hydroxylation sites is 1. The lowest BCUT2D eigenvalue weighted by Gasteiger charge is -2.19. The van der Waals surface area contributed by atoms with Crippen LogP contribution in [0.2, 0.25) is 0 Å². The van der Waals surface area contributed by atoms with Crippen LogP contribution >= 0.6 is 0 Å². The van der Waals surface area contributed by atoms with E-state index in [2.05, 4.69) is 10.3 Å². The molecule has 0 saturated carbocycles. The zero-order valence-electron chi connectivity index (χ0n) is 22.4. The van der Waals surface area contributed by atoms with Crippen LogP contribution in [0.4, 0.5) is 8.78 Å². The third kappa shape index (κ3) is 7.35. The summed E-state index contributed by atoms with van der Waals surface area (Å²) in [6.07, 6.45) is 0.295. The number of carbonyl (C=O) groups excluding carboxylic acids is 2. The van der Waals surface area contributed by atoms with E-state index >= 15 is 0 Å². The molecule has 0 atom stereocenters. The van der Waals surface area contributed by atoms with Crippen molar-refractivity contribution in [3.63, 3.8) is 0 Å². The molecule has 8 nitrogen and oxygen atoms in total. The van der Waals surface area contributed by atoms with Gasteiger partial charge >= 0.3 is 11.9 Å². The van der Waals surface area contributed by atoms with E-state index in [0.29, 0.717) is 17.5 Å². The highest BCUT2D eigenvalue weighted by Crippen LogP contribution is 2.29. The minimum atomic E-state index is -0.674. The standard InChI is InChI=1S/C30H29F2N3O5/c1-30(2,3)40-27(37)18-33-17-26(36)39-25-10-5-4-9-22(25)28-34-24-12-11-21(32)16-23(24)29(38)35(28)14-13-19-7-6-8-20(31)15-19/h4-12,15-16,33H,13-14,17-18H2,1-3H3. The first kappa shape index (κ1) is 28.6. The van der Waals surface area contributed by atoms with Crippen molar-refractivity contribution < 1.29 is 27.8 Å². The molecule has 4 aromatic rings. The Morgan fingerprint density at radius 2 is 1.65 bits per heavy atom. The zero-order valence-corrected chi connectivity index (χ0v) is 22.4. The molecule has 0 amide bonds. The molecule has 0 radical (unpaired) electrons. The monoisotopic (exact) mass is 549 g/mol. The van der Waals surface area contributed by atoms with Gasteiger partial charge in [-0.15, -0.1) is 0 Å². The van der Waals surface area contributed by atoms with E-state index in [4.69, 9.17) is 9.47 Å². The number of rotatable bonds is 9. The van der Waals surface area contributed by atoms with Crippen LogP contribution in [0.3, 0.4) is 0 Å². The van der Waals surface area contributed by atoms with Crippen molar-refractivity contribution in [3.05, 3.63) is 94.3 Å². The van der Waals surface area contributed by atoms with Crippen molar-refractivity contribution in [3.8, 4) is 17.1 Å². The highest BCUT2D eigenvalue weighted by atomic mass is 19.1. The first-order valence-corrected chi connectivity index (χ1v) is 12.7. The number of carbonyl (C=O) groups is 2. The van der Waals surface area contributed by atoms with Gasteiger partial charge in [-0.05, 0) is 75.2 Å². The fourth-order valence-electron chi connectivity index (χ4n) is 4.08. The van der Waals surface area contributed by atoms with Crippen molar-refractivity contribution in [2.45, 2.75) is 39.3 Å².